The van der Waals surface area contributed by atoms with Gasteiger partial charge in [-0.3, -0.25) is 0 Å². The summed E-state index contributed by atoms with van der Waals surface area (Å²) in [6.07, 6.45) is 3.72. The van der Waals surface area contributed by atoms with Crippen LogP contribution in [-0.4, -0.2) is 9.97 Å². The van der Waals surface area contributed by atoms with E-state index in [2.05, 4.69) is 78.4 Å². The van der Waals surface area contributed by atoms with E-state index in [0.29, 0.717) is 0 Å². The van der Waals surface area contributed by atoms with Gasteiger partial charge in [-0.1, -0.05) is 61.0 Å². The fourth-order valence-corrected chi connectivity index (χ4v) is 3.35. The largest absolute Gasteiger partial charge is 0.305 e. The number of hydrogen-bond donors (Lipinski definition) is 0. The van der Waals surface area contributed by atoms with Gasteiger partial charge in [-0.15, -0.1) is 71.3 Å². The number of aryl methyl sites for hydroxylation is 2. The molecule has 165 valence electrons. The van der Waals surface area contributed by atoms with E-state index in [1.165, 1.54) is 16.7 Å². The van der Waals surface area contributed by atoms with Crippen LogP contribution in [0, 0.1) is 26.0 Å². The Balaban J connectivity index is 0.000000202. The number of pyridine rings is 2. The Morgan fingerprint density at radius 3 is 2.03 bits per heavy atom. The zero-order chi connectivity index (χ0) is 22.2. The van der Waals surface area contributed by atoms with Gasteiger partial charge in [0.05, 0.1) is 0 Å². The van der Waals surface area contributed by atoms with Gasteiger partial charge in [0.15, 0.2) is 0 Å². The van der Waals surface area contributed by atoms with E-state index in [4.69, 9.17) is 0 Å². The van der Waals surface area contributed by atoms with Crippen LogP contribution in [0.5, 0.6) is 0 Å². The zero-order valence-corrected chi connectivity index (χ0v) is 21.0. The van der Waals surface area contributed by atoms with Gasteiger partial charge < -0.3 is 9.97 Å². The van der Waals surface area contributed by atoms with Crippen LogP contribution in [-0.2, 0) is 20.1 Å². The normalized spacial score (nSPS) is 9.88. The Morgan fingerprint density at radius 1 is 0.576 bits per heavy atom. The number of benzene rings is 3. The quantitative estimate of drug-likeness (QED) is 0.201. The standard InChI is InChI=1S/C19H16N.C11H8N.Ir/c1-14-5-3-7-16(11-14)18-9-10-19(20-13-18)17-8-4-6-15(2)12-17;1-2-6-10(7-3-1)11-8-4-5-9-12-11;/h3-7,9-13H,1-2H3;1-6,8-9H;/q2*-1;. The van der Waals surface area contributed by atoms with Crippen LogP contribution in [0.3, 0.4) is 0 Å². The van der Waals surface area contributed by atoms with Crippen molar-refractivity contribution in [3.8, 4) is 33.6 Å². The third-order valence-corrected chi connectivity index (χ3v) is 5.00. The van der Waals surface area contributed by atoms with Crippen molar-refractivity contribution in [2.45, 2.75) is 13.8 Å². The first-order valence-corrected chi connectivity index (χ1v) is 10.6. The van der Waals surface area contributed by atoms with E-state index in [-0.39, 0.29) is 20.1 Å². The molecule has 3 heteroatoms. The molecular formula is C30H24IrN2-2. The summed E-state index contributed by atoms with van der Waals surface area (Å²) in [5, 5.41) is 0. The summed E-state index contributed by atoms with van der Waals surface area (Å²) in [4.78, 5) is 8.78. The maximum atomic E-state index is 4.56. The van der Waals surface area contributed by atoms with E-state index in [1.54, 1.807) is 6.20 Å². The van der Waals surface area contributed by atoms with E-state index >= 15 is 0 Å². The third kappa shape index (κ3) is 6.79. The smallest absolute Gasteiger partial charge is 0.0239 e. The molecule has 0 unspecified atom stereocenters. The first kappa shape index (κ1) is 24.3. The van der Waals surface area contributed by atoms with Crippen molar-refractivity contribution in [3.05, 3.63) is 133 Å². The molecular weight excluding hydrogens is 581 g/mol. The minimum absolute atomic E-state index is 0. The molecule has 0 saturated heterocycles. The Hall–Kier alpha value is -3.39. The maximum Gasteiger partial charge on any atom is 0.0239 e. The average molecular weight is 605 g/mol. The molecule has 2 nitrogen and oxygen atoms in total. The van der Waals surface area contributed by atoms with Crippen molar-refractivity contribution in [1.82, 2.24) is 9.97 Å². The van der Waals surface area contributed by atoms with Crippen molar-refractivity contribution in [1.29, 1.82) is 0 Å². The van der Waals surface area contributed by atoms with Crippen LogP contribution in [0.25, 0.3) is 33.6 Å². The molecule has 1 radical (unpaired) electrons. The summed E-state index contributed by atoms with van der Waals surface area (Å²) in [7, 11) is 0. The monoisotopic (exact) mass is 605 g/mol. The van der Waals surface area contributed by atoms with Gasteiger partial charge in [0.2, 0.25) is 0 Å². The molecule has 5 rings (SSSR count). The molecule has 0 aliphatic carbocycles. The van der Waals surface area contributed by atoms with Crippen molar-refractivity contribution < 1.29 is 20.1 Å². The Morgan fingerprint density at radius 2 is 1.36 bits per heavy atom. The molecule has 3 aromatic carbocycles. The molecule has 0 amide bonds. The van der Waals surface area contributed by atoms with Gasteiger partial charge in [0.1, 0.15) is 0 Å². The fraction of sp³-hybridized carbons (Fsp3) is 0.0667. The Labute approximate surface area is 209 Å². The van der Waals surface area contributed by atoms with Crippen LogP contribution in [0.4, 0.5) is 0 Å². The van der Waals surface area contributed by atoms with Gasteiger partial charge in [-0.2, -0.15) is 0 Å². The molecule has 0 fully saturated rings. The second-order valence-electron chi connectivity index (χ2n) is 7.57. The molecule has 0 saturated carbocycles. The number of rotatable bonds is 3. The van der Waals surface area contributed by atoms with Crippen LogP contribution in [0.1, 0.15) is 11.1 Å². The summed E-state index contributed by atoms with van der Waals surface area (Å²) in [6, 6.07) is 38.8. The number of hydrogen-bond acceptors (Lipinski definition) is 2. The predicted molar refractivity (Wildman–Crippen MR) is 132 cm³/mol. The first-order chi connectivity index (χ1) is 15.7. The van der Waals surface area contributed by atoms with E-state index in [9.17, 15) is 0 Å². The molecule has 0 N–H and O–H groups in total. The van der Waals surface area contributed by atoms with Crippen LogP contribution in [0.15, 0.2) is 109 Å². The van der Waals surface area contributed by atoms with E-state index in [1.807, 2.05) is 60.8 Å². The van der Waals surface area contributed by atoms with Crippen molar-refractivity contribution >= 4 is 0 Å². The first-order valence-electron chi connectivity index (χ1n) is 10.6. The zero-order valence-electron chi connectivity index (χ0n) is 18.6. The summed E-state index contributed by atoms with van der Waals surface area (Å²) < 4.78 is 0. The van der Waals surface area contributed by atoms with Gasteiger partial charge in [0, 0.05) is 32.5 Å². The van der Waals surface area contributed by atoms with E-state index in [0.717, 1.165) is 28.1 Å². The van der Waals surface area contributed by atoms with Crippen LogP contribution in [0.2, 0.25) is 0 Å². The van der Waals surface area contributed by atoms with Crippen molar-refractivity contribution in [3.63, 3.8) is 0 Å². The van der Waals surface area contributed by atoms with Gasteiger partial charge in [-0.05, 0) is 35.5 Å². The minimum Gasteiger partial charge on any atom is -0.305 e. The predicted octanol–water partition coefficient (Wildman–Crippen LogP) is 7.38. The molecule has 0 atom stereocenters. The van der Waals surface area contributed by atoms with Crippen molar-refractivity contribution in [2.24, 2.45) is 0 Å². The maximum absolute atomic E-state index is 4.56. The van der Waals surface area contributed by atoms with Crippen molar-refractivity contribution in [2.75, 3.05) is 0 Å². The van der Waals surface area contributed by atoms with Gasteiger partial charge in [-0.25, -0.2) is 0 Å². The Bertz CT molecular complexity index is 1170. The Kier molecular flexibility index (Phi) is 8.83. The summed E-state index contributed by atoms with van der Waals surface area (Å²) in [6.45, 7) is 4.19. The SMILES string of the molecule is Cc1cc[c-]c(-c2ccc(-c3cccc(C)c3)cn2)c1.[Ir].[c-]1ccccc1-c1ccccn1. The van der Waals surface area contributed by atoms with Gasteiger partial charge >= 0.3 is 0 Å². The summed E-state index contributed by atoms with van der Waals surface area (Å²) in [5.74, 6) is 0. The second-order valence-corrected chi connectivity index (χ2v) is 7.57. The fourth-order valence-electron chi connectivity index (χ4n) is 3.35. The third-order valence-electron chi connectivity index (χ3n) is 5.00. The van der Waals surface area contributed by atoms with Crippen LogP contribution < -0.4 is 0 Å². The molecule has 2 aromatic heterocycles. The van der Waals surface area contributed by atoms with Crippen LogP contribution >= 0.6 is 0 Å². The molecule has 33 heavy (non-hydrogen) atoms. The summed E-state index contributed by atoms with van der Waals surface area (Å²) in [5.41, 5.74) is 8.85. The molecule has 0 aliphatic rings. The molecule has 0 aliphatic heterocycles. The number of nitrogens with zero attached hydrogens (tertiary/aromatic N) is 2. The van der Waals surface area contributed by atoms with Gasteiger partial charge in [0.25, 0.3) is 0 Å². The molecule has 2 heterocycles. The molecule has 0 bridgehead atoms. The summed E-state index contributed by atoms with van der Waals surface area (Å²) >= 11 is 0. The second kappa shape index (κ2) is 12.0. The number of aromatic nitrogens is 2. The topological polar surface area (TPSA) is 25.8 Å². The van der Waals surface area contributed by atoms with E-state index < -0.39 is 0 Å². The molecule has 0 spiro atoms. The molecule has 5 aromatic rings. The average Bonchev–Trinajstić information content (AvgIpc) is 2.86. The minimum atomic E-state index is 0.